The smallest absolute Gasteiger partial charge is 0.146 e. The molecular formula is C16H18FN3. The van der Waals surface area contributed by atoms with Crippen molar-refractivity contribution in [2.75, 3.05) is 12.3 Å². The molecule has 0 saturated carbocycles. The van der Waals surface area contributed by atoms with E-state index >= 15 is 0 Å². The number of nitrogens with two attached hydrogens (primary N) is 1. The Morgan fingerprint density at radius 1 is 1.25 bits per heavy atom. The van der Waals surface area contributed by atoms with Crippen LogP contribution in [0, 0.1) is 5.82 Å². The van der Waals surface area contributed by atoms with Gasteiger partial charge in [-0.15, -0.1) is 0 Å². The quantitative estimate of drug-likeness (QED) is 0.872. The van der Waals surface area contributed by atoms with Gasteiger partial charge < -0.3 is 5.73 Å². The number of hydrogen-bond acceptors (Lipinski definition) is 3. The van der Waals surface area contributed by atoms with E-state index in [1.807, 2.05) is 18.5 Å². The summed E-state index contributed by atoms with van der Waals surface area (Å²) in [6.45, 7) is 1.79. The third kappa shape index (κ3) is 2.65. The van der Waals surface area contributed by atoms with Crippen molar-refractivity contribution in [3.8, 4) is 0 Å². The molecule has 1 atom stereocenters. The fourth-order valence-electron chi connectivity index (χ4n) is 2.88. The number of halogens is 1. The van der Waals surface area contributed by atoms with Crippen molar-refractivity contribution >= 4 is 5.69 Å². The van der Waals surface area contributed by atoms with Gasteiger partial charge in [-0.3, -0.25) is 9.88 Å². The van der Waals surface area contributed by atoms with Crippen LogP contribution in [0.4, 0.5) is 10.1 Å². The summed E-state index contributed by atoms with van der Waals surface area (Å²) in [7, 11) is 0. The number of nitrogens with zero attached hydrogens (tertiary/aromatic N) is 2. The van der Waals surface area contributed by atoms with Crippen LogP contribution in [0.25, 0.3) is 0 Å². The Balaban J connectivity index is 1.77. The van der Waals surface area contributed by atoms with Crippen LogP contribution in [0.15, 0.2) is 42.7 Å². The van der Waals surface area contributed by atoms with E-state index in [1.165, 1.54) is 18.1 Å². The molecule has 0 amide bonds. The first-order chi connectivity index (χ1) is 9.74. The summed E-state index contributed by atoms with van der Waals surface area (Å²) in [5.41, 5.74) is 7.98. The minimum atomic E-state index is -0.331. The summed E-state index contributed by atoms with van der Waals surface area (Å²) in [5.74, 6) is -0.331. The molecule has 0 aliphatic carbocycles. The zero-order chi connectivity index (χ0) is 13.9. The minimum absolute atomic E-state index is 0.209. The van der Waals surface area contributed by atoms with Crippen LogP contribution in [-0.4, -0.2) is 16.4 Å². The maximum Gasteiger partial charge on any atom is 0.146 e. The molecule has 1 aliphatic rings. The summed E-state index contributed by atoms with van der Waals surface area (Å²) in [6, 6.07) is 9.61. The van der Waals surface area contributed by atoms with Crippen LogP contribution in [0.3, 0.4) is 0 Å². The lowest BCUT2D eigenvalue weighted by Crippen LogP contribution is -2.22. The molecule has 20 heavy (non-hydrogen) atoms. The number of anilines is 1. The van der Waals surface area contributed by atoms with Crippen molar-refractivity contribution in [1.29, 1.82) is 0 Å². The second kappa shape index (κ2) is 5.59. The number of hydrogen-bond donors (Lipinski definition) is 1. The van der Waals surface area contributed by atoms with Crippen molar-refractivity contribution in [3.63, 3.8) is 0 Å². The standard InChI is InChI=1S/C16H18FN3/c17-14-10-12(3-4-15(14)18)11-20-9-1-2-16(20)13-5-7-19-8-6-13/h3-8,10,16H,1-2,9,11,18H2. The van der Waals surface area contributed by atoms with Gasteiger partial charge in [-0.25, -0.2) is 4.39 Å². The lowest BCUT2D eigenvalue weighted by atomic mass is 10.1. The van der Waals surface area contributed by atoms with E-state index < -0.39 is 0 Å². The second-order valence-corrected chi connectivity index (χ2v) is 5.26. The molecule has 1 fully saturated rings. The van der Waals surface area contributed by atoms with Gasteiger partial charge in [0.05, 0.1) is 5.69 Å². The predicted molar refractivity (Wildman–Crippen MR) is 77.4 cm³/mol. The third-order valence-electron chi connectivity index (χ3n) is 3.91. The average molecular weight is 271 g/mol. The predicted octanol–water partition coefficient (Wildman–Crippen LogP) is 3.14. The van der Waals surface area contributed by atoms with E-state index in [0.29, 0.717) is 6.04 Å². The van der Waals surface area contributed by atoms with Crippen LogP contribution in [0.2, 0.25) is 0 Å². The van der Waals surface area contributed by atoms with Gasteiger partial charge in [-0.2, -0.15) is 0 Å². The molecule has 4 heteroatoms. The Morgan fingerprint density at radius 2 is 2.05 bits per heavy atom. The molecule has 0 radical (unpaired) electrons. The van der Waals surface area contributed by atoms with Crippen molar-refractivity contribution in [1.82, 2.24) is 9.88 Å². The summed E-state index contributed by atoms with van der Waals surface area (Å²) in [4.78, 5) is 6.45. The van der Waals surface area contributed by atoms with E-state index in [1.54, 1.807) is 6.07 Å². The van der Waals surface area contributed by atoms with E-state index in [2.05, 4.69) is 22.0 Å². The fourth-order valence-corrected chi connectivity index (χ4v) is 2.88. The number of benzene rings is 1. The topological polar surface area (TPSA) is 42.1 Å². The molecule has 1 aromatic heterocycles. The highest BCUT2D eigenvalue weighted by Crippen LogP contribution is 2.32. The van der Waals surface area contributed by atoms with Crippen LogP contribution in [0.1, 0.15) is 30.0 Å². The second-order valence-electron chi connectivity index (χ2n) is 5.26. The van der Waals surface area contributed by atoms with E-state index in [0.717, 1.165) is 25.1 Å². The largest absolute Gasteiger partial charge is 0.396 e. The van der Waals surface area contributed by atoms with Gasteiger partial charge in [0.2, 0.25) is 0 Å². The first-order valence-corrected chi connectivity index (χ1v) is 6.92. The Morgan fingerprint density at radius 3 is 2.80 bits per heavy atom. The molecule has 1 aromatic carbocycles. The summed E-state index contributed by atoms with van der Waals surface area (Å²) < 4.78 is 13.5. The van der Waals surface area contributed by atoms with Gasteiger partial charge in [0.25, 0.3) is 0 Å². The number of rotatable bonds is 3. The molecule has 2 aromatic rings. The van der Waals surface area contributed by atoms with Crippen LogP contribution < -0.4 is 5.73 Å². The third-order valence-corrected chi connectivity index (χ3v) is 3.91. The molecule has 0 spiro atoms. The van der Waals surface area contributed by atoms with E-state index in [4.69, 9.17) is 5.73 Å². The van der Waals surface area contributed by atoms with Gasteiger partial charge in [0, 0.05) is 25.0 Å². The monoisotopic (exact) mass is 271 g/mol. The average Bonchev–Trinajstić information content (AvgIpc) is 2.92. The maximum atomic E-state index is 13.5. The first-order valence-electron chi connectivity index (χ1n) is 6.92. The highest BCUT2D eigenvalue weighted by atomic mass is 19.1. The zero-order valence-electron chi connectivity index (χ0n) is 11.3. The van der Waals surface area contributed by atoms with Gasteiger partial charge in [0.1, 0.15) is 5.82 Å². The molecule has 2 N–H and O–H groups in total. The SMILES string of the molecule is Nc1ccc(CN2CCCC2c2ccncc2)cc1F. The van der Waals surface area contributed by atoms with E-state index in [9.17, 15) is 4.39 Å². The summed E-state index contributed by atoms with van der Waals surface area (Å²) in [5, 5.41) is 0. The number of likely N-dealkylation sites (tertiary alicyclic amines) is 1. The van der Waals surface area contributed by atoms with Crippen LogP contribution >= 0.6 is 0 Å². The van der Waals surface area contributed by atoms with E-state index in [-0.39, 0.29) is 11.5 Å². The van der Waals surface area contributed by atoms with Crippen LogP contribution in [-0.2, 0) is 6.54 Å². The van der Waals surface area contributed by atoms with Crippen molar-refractivity contribution in [2.24, 2.45) is 0 Å². The van der Waals surface area contributed by atoms with Gasteiger partial charge in [-0.1, -0.05) is 6.07 Å². The van der Waals surface area contributed by atoms with Crippen molar-refractivity contribution in [3.05, 3.63) is 59.7 Å². The zero-order valence-corrected chi connectivity index (χ0v) is 11.3. The Kier molecular flexibility index (Phi) is 3.65. The van der Waals surface area contributed by atoms with Crippen molar-refractivity contribution in [2.45, 2.75) is 25.4 Å². The molecule has 2 heterocycles. The van der Waals surface area contributed by atoms with Gasteiger partial charge in [-0.05, 0) is 54.8 Å². The molecule has 104 valence electrons. The normalized spacial score (nSPS) is 19.4. The number of pyridine rings is 1. The number of aromatic nitrogens is 1. The van der Waals surface area contributed by atoms with Crippen molar-refractivity contribution < 1.29 is 4.39 Å². The lowest BCUT2D eigenvalue weighted by molar-refractivity contribution is 0.248. The molecule has 3 rings (SSSR count). The van der Waals surface area contributed by atoms with Gasteiger partial charge >= 0.3 is 0 Å². The Hall–Kier alpha value is -1.94. The molecule has 1 aliphatic heterocycles. The molecular weight excluding hydrogens is 253 g/mol. The molecule has 1 saturated heterocycles. The van der Waals surface area contributed by atoms with Crippen LogP contribution in [0.5, 0.6) is 0 Å². The fraction of sp³-hybridized carbons (Fsp3) is 0.312. The summed E-state index contributed by atoms with van der Waals surface area (Å²) >= 11 is 0. The Labute approximate surface area is 118 Å². The summed E-state index contributed by atoms with van der Waals surface area (Å²) in [6.07, 6.45) is 5.97. The maximum absolute atomic E-state index is 13.5. The highest BCUT2D eigenvalue weighted by Gasteiger charge is 2.25. The highest BCUT2D eigenvalue weighted by molar-refractivity contribution is 5.41. The Bertz CT molecular complexity index is 586. The lowest BCUT2D eigenvalue weighted by Gasteiger charge is -2.24. The molecule has 3 nitrogen and oxygen atoms in total. The number of nitrogen functional groups attached to an aromatic ring is 1. The molecule has 1 unspecified atom stereocenters. The van der Waals surface area contributed by atoms with Gasteiger partial charge in [0.15, 0.2) is 0 Å². The molecule has 0 bridgehead atoms. The minimum Gasteiger partial charge on any atom is -0.396 e. The first kappa shape index (κ1) is 13.1.